The normalized spacial score (nSPS) is 14.2. The third-order valence-corrected chi connectivity index (χ3v) is 8.27. The van der Waals surface area contributed by atoms with Gasteiger partial charge < -0.3 is 9.47 Å². The van der Waals surface area contributed by atoms with Crippen LogP contribution < -0.4 is 18.5 Å². The molecule has 0 unspecified atom stereocenters. The number of anilines is 2. The fraction of sp³-hybridized carbons (Fsp3) is 0.400. The maximum Gasteiger partial charge on any atom is 0.265 e. The maximum absolute atomic E-state index is 13.0. The van der Waals surface area contributed by atoms with Crippen molar-refractivity contribution in [2.75, 3.05) is 35.5 Å². The van der Waals surface area contributed by atoms with Crippen LogP contribution >= 0.6 is 0 Å². The molecule has 0 saturated carbocycles. The second kappa shape index (κ2) is 8.73. The number of nitrogens with one attached hydrogen (secondary N) is 1. The molecule has 0 aromatic heterocycles. The molecule has 0 aliphatic carbocycles. The minimum absolute atomic E-state index is 0.0426. The number of hydrogen-bond acceptors (Lipinski definition) is 6. The Morgan fingerprint density at radius 2 is 1.80 bits per heavy atom. The molecule has 2 aromatic carbocycles. The molecule has 164 valence electrons. The molecule has 1 heterocycles. The van der Waals surface area contributed by atoms with Gasteiger partial charge in [-0.15, -0.1) is 0 Å². The Morgan fingerprint density at radius 1 is 1.03 bits per heavy atom. The van der Waals surface area contributed by atoms with Crippen molar-refractivity contribution in [1.29, 1.82) is 0 Å². The average Bonchev–Trinajstić information content (AvgIpc) is 2.72. The van der Waals surface area contributed by atoms with Crippen molar-refractivity contribution >= 4 is 31.4 Å². The fourth-order valence-electron chi connectivity index (χ4n) is 3.47. The van der Waals surface area contributed by atoms with E-state index in [1.54, 1.807) is 18.2 Å². The molecule has 0 saturated heterocycles. The van der Waals surface area contributed by atoms with E-state index in [9.17, 15) is 16.8 Å². The smallest absolute Gasteiger partial charge is 0.265 e. The molecule has 10 heteroatoms. The van der Waals surface area contributed by atoms with Crippen LogP contribution in [0, 0.1) is 0 Å². The molecule has 0 radical (unpaired) electrons. The van der Waals surface area contributed by atoms with Gasteiger partial charge in [0.05, 0.1) is 31.3 Å². The van der Waals surface area contributed by atoms with Crippen molar-refractivity contribution in [3.05, 3.63) is 42.0 Å². The second-order valence-electron chi connectivity index (χ2n) is 6.96. The Labute approximate surface area is 177 Å². The zero-order valence-electron chi connectivity index (χ0n) is 17.2. The van der Waals surface area contributed by atoms with E-state index in [4.69, 9.17) is 9.47 Å². The van der Waals surface area contributed by atoms with Gasteiger partial charge in [0.15, 0.2) is 0 Å². The molecule has 0 bridgehead atoms. The molecule has 1 aliphatic rings. The monoisotopic (exact) mass is 454 g/mol. The van der Waals surface area contributed by atoms with Crippen molar-refractivity contribution in [3.63, 3.8) is 0 Å². The number of sulfonamides is 2. The largest absolute Gasteiger partial charge is 0.497 e. The van der Waals surface area contributed by atoms with E-state index in [2.05, 4.69) is 4.72 Å². The molecule has 2 aromatic rings. The van der Waals surface area contributed by atoms with Crippen molar-refractivity contribution in [2.45, 2.75) is 31.1 Å². The number of ether oxygens (including phenoxy) is 2. The first-order valence-corrected chi connectivity index (χ1v) is 12.7. The quantitative estimate of drug-likeness (QED) is 0.658. The van der Waals surface area contributed by atoms with Gasteiger partial charge in [0.2, 0.25) is 10.0 Å². The van der Waals surface area contributed by atoms with Crippen LogP contribution in [0.25, 0.3) is 0 Å². The zero-order valence-corrected chi connectivity index (χ0v) is 18.8. The van der Waals surface area contributed by atoms with E-state index < -0.39 is 20.0 Å². The van der Waals surface area contributed by atoms with Gasteiger partial charge in [-0.25, -0.2) is 16.8 Å². The van der Waals surface area contributed by atoms with Gasteiger partial charge in [-0.05, 0) is 49.1 Å². The number of aryl methyl sites for hydroxylation is 1. The lowest BCUT2D eigenvalue weighted by molar-refractivity contribution is 0.386. The molecule has 0 fully saturated rings. The maximum atomic E-state index is 13.0. The van der Waals surface area contributed by atoms with Crippen LogP contribution in [0.3, 0.4) is 0 Å². The first-order valence-electron chi connectivity index (χ1n) is 9.60. The standard InChI is InChI=1S/C20H26N2O6S2/c1-4-12-29(23,24)22-11-5-6-15-7-8-16(13-18(15)22)21-30(25,26)20-10-9-17(27-2)14-19(20)28-3/h7-10,13-14,21H,4-6,11-12H2,1-3H3. The summed E-state index contributed by atoms with van der Waals surface area (Å²) in [6.07, 6.45) is 1.98. The SMILES string of the molecule is CCCS(=O)(=O)N1CCCc2ccc(NS(=O)(=O)c3ccc(OC)cc3OC)cc21. The van der Waals surface area contributed by atoms with Crippen molar-refractivity contribution < 1.29 is 26.3 Å². The van der Waals surface area contributed by atoms with Gasteiger partial charge in [0, 0.05) is 12.6 Å². The van der Waals surface area contributed by atoms with Crippen molar-refractivity contribution in [3.8, 4) is 11.5 Å². The first-order chi connectivity index (χ1) is 14.2. The van der Waals surface area contributed by atoms with Gasteiger partial charge >= 0.3 is 0 Å². The van der Waals surface area contributed by atoms with Crippen LogP contribution in [0.15, 0.2) is 41.3 Å². The van der Waals surface area contributed by atoms with Crippen molar-refractivity contribution in [1.82, 2.24) is 0 Å². The summed E-state index contributed by atoms with van der Waals surface area (Å²) in [4.78, 5) is -0.0426. The van der Waals surface area contributed by atoms with Gasteiger partial charge in [0.25, 0.3) is 10.0 Å². The van der Waals surface area contributed by atoms with Crippen molar-refractivity contribution in [2.24, 2.45) is 0 Å². The third kappa shape index (κ3) is 4.49. The van der Waals surface area contributed by atoms with Crippen LogP contribution in [0.4, 0.5) is 11.4 Å². The van der Waals surface area contributed by atoms with Gasteiger partial charge in [-0.2, -0.15) is 0 Å². The molecule has 1 N–H and O–H groups in total. The summed E-state index contributed by atoms with van der Waals surface area (Å²) in [7, 11) is -4.57. The summed E-state index contributed by atoms with van der Waals surface area (Å²) >= 11 is 0. The number of methoxy groups -OCH3 is 2. The molecule has 3 rings (SSSR count). The Kier molecular flexibility index (Phi) is 6.47. The van der Waals surface area contributed by atoms with E-state index in [1.165, 1.54) is 36.7 Å². The summed E-state index contributed by atoms with van der Waals surface area (Å²) in [6.45, 7) is 2.20. The molecule has 8 nitrogen and oxygen atoms in total. The molecular weight excluding hydrogens is 428 g/mol. The number of benzene rings is 2. The van der Waals surface area contributed by atoms with E-state index in [0.717, 1.165) is 18.4 Å². The third-order valence-electron chi connectivity index (χ3n) is 4.87. The van der Waals surface area contributed by atoms with Crippen LogP contribution in [0.5, 0.6) is 11.5 Å². The van der Waals surface area contributed by atoms with Crippen LogP contribution in [-0.2, 0) is 26.5 Å². The summed E-state index contributed by atoms with van der Waals surface area (Å²) in [5, 5.41) is 0. The summed E-state index contributed by atoms with van der Waals surface area (Å²) in [6, 6.07) is 9.41. The molecule has 0 spiro atoms. The lowest BCUT2D eigenvalue weighted by atomic mass is 10.0. The Hall–Kier alpha value is -2.46. The molecular formula is C20H26N2O6S2. The van der Waals surface area contributed by atoms with Crippen LogP contribution in [0.2, 0.25) is 0 Å². The number of fused-ring (bicyclic) bond motifs is 1. The van der Waals surface area contributed by atoms with E-state index in [1.807, 2.05) is 6.92 Å². The lowest BCUT2D eigenvalue weighted by Gasteiger charge is -2.31. The van der Waals surface area contributed by atoms with Gasteiger partial charge in [0.1, 0.15) is 16.4 Å². The van der Waals surface area contributed by atoms with Gasteiger partial charge in [-0.1, -0.05) is 13.0 Å². The molecule has 0 atom stereocenters. The lowest BCUT2D eigenvalue weighted by Crippen LogP contribution is -2.37. The minimum Gasteiger partial charge on any atom is -0.497 e. The second-order valence-corrected chi connectivity index (χ2v) is 10.6. The minimum atomic E-state index is -3.97. The Bertz CT molecular complexity index is 1130. The van der Waals surface area contributed by atoms with E-state index in [-0.39, 0.29) is 22.1 Å². The number of nitrogens with zero attached hydrogens (tertiary/aromatic N) is 1. The highest BCUT2D eigenvalue weighted by Crippen LogP contribution is 2.34. The highest BCUT2D eigenvalue weighted by Gasteiger charge is 2.28. The van der Waals surface area contributed by atoms with E-state index in [0.29, 0.717) is 24.4 Å². The topological polar surface area (TPSA) is 102 Å². The predicted molar refractivity (Wildman–Crippen MR) is 117 cm³/mol. The Morgan fingerprint density at radius 3 is 2.47 bits per heavy atom. The molecule has 30 heavy (non-hydrogen) atoms. The molecule has 0 amide bonds. The zero-order chi connectivity index (χ0) is 21.9. The number of rotatable bonds is 8. The predicted octanol–water partition coefficient (Wildman–Crippen LogP) is 3.00. The van der Waals surface area contributed by atoms with E-state index >= 15 is 0 Å². The van der Waals surface area contributed by atoms with Crippen LogP contribution in [-0.4, -0.2) is 43.4 Å². The number of hydrogen-bond donors (Lipinski definition) is 1. The average molecular weight is 455 g/mol. The summed E-state index contributed by atoms with van der Waals surface area (Å²) in [5.41, 5.74) is 1.69. The van der Waals surface area contributed by atoms with Gasteiger partial charge in [-0.3, -0.25) is 9.03 Å². The van der Waals surface area contributed by atoms with Crippen LogP contribution in [0.1, 0.15) is 25.3 Å². The fourth-order valence-corrected chi connectivity index (χ4v) is 6.28. The highest BCUT2D eigenvalue weighted by molar-refractivity contribution is 7.93. The first kappa shape index (κ1) is 22.2. The molecule has 1 aliphatic heterocycles. The Balaban J connectivity index is 1.97. The summed E-state index contributed by atoms with van der Waals surface area (Å²) in [5.74, 6) is 0.661. The summed E-state index contributed by atoms with van der Waals surface area (Å²) < 4.78 is 65.5. The highest BCUT2D eigenvalue weighted by atomic mass is 32.2.